The van der Waals surface area contributed by atoms with E-state index in [1.54, 1.807) is 6.20 Å². The Hall–Kier alpha value is -2.47. The molecule has 1 atom stereocenters. The van der Waals surface area contributed by atoms with Crippen LogP contribution in [-0.4, -0.2) is 53.1 Å². The van der Waals surface area contributed by atoms with Gasteiger partial charge in [-0.1, -0.05) is 30.3 Å². The Morgan fingerprint density at radius 3 is 2.56 bits per heavy atom. The molecule has 1 aromatic carbocycles. The number of hydrogen-bond acceptors (Lipinski definition) is 6. The number of carbonyl (C=O) groups is 1. The van der Waals surface area contributed by atoms with Crippen LogP contribution in [0.15, 0.2) is 42.6 Å². The Labute approximate surface area is 159 Å². The maximum Gasteiger partial charge on any atom is 0.227 e. The predicted octanol–water partition coefficient (Wildman–Crippen LogP) is 2.54. The van der Waals surface area contributed by atoms with E-state index in [2.05, 4.69) is 14.8 Å². The maximum atomic E-state index is 12.8. The van der Waals surface area contributed by atoms with Crippen molar-refractivity contribution in [1.29, 1.82) is 0 Å². The van der Waals surface area contributed by atoms with E-state index in [0.29, 0.717) is 12.5 Å². The molecule has 0 aliphatic carbocycles. The molecule has 0 unspecified atom stereocenters. The highest BCUT2D eigenvalue weighted by atomic mass is 16.3. The van der Waals surface area contributed by atoms with E-state index in [9.17, 15) is 9.90 Å². The molecule has 6 heteroatoms. The molecule has 3 heterocycles. The Bertz CT molecular complexity index is 775. The van der Waals surface area contributed by atoms with Crippen molar-refractivity contribution < 1.29 is 9.90 Å². The van der Waals surface area contributed by atoms with Crippen LogP contribution in [0.25, 0.3) is 0 Å². The van der Waals surface area contributed by atoms with Crippen molar-refractivity contribution in [3.8, 4) is 0 Å². The maximum absolute atomic E-state index is 12.8. The fraction of sp³-hybridized carbons (Fsp3) is 0.476. The minimum absolute atomic E-state index is 0.0152. The number of nitrogens with zero attached hydrogens (tertiary/aromatic N) is 4. The molecule has 4 rings (SSSR count). The third-order valence-electron chi connectivity index (χ3n) is 5.55. The summed E-state index contributed by atoms with van der Waals surface area (Å²) in [6, 6.07) is 11.5. The summed E-state index contributed by atoms with van der Waals surface area (Å²) in [5.74, 6) is 1.80. The summed E-state index contributed by atoms with van der Waals surface area (Å²) in [5, 5.41) is 9.71. The van der Waals surface area contributed by atoms with Crippen molar-refractivity contribution >= 4 is 17.5 Å². The lowest BCUT2D eigenvalue weighted by Gasteiger charge is -2.34. The van der Waals surface area contributed by atoms with Crippen molar-refractivity contribution in [2.24, 2.45) is 5.92 Å². The largest absolute Gasteiger partial charge is 0.393 e. The number of rotatable bonds is 4. The first-order valence-corrected chi connectivity index (χ1v) is 9.81. The van der Waals surface area contributed by atoms with Crippen LogP contribution in [0.3, 0.4) is 0 Å². The number of carbonyl (C=O) groups excluding carboxylic acids is 1. The van der Waals surface area contributed by atoms with Gasteiger partial charge in [0, 0.05) is 43.9 Å². The number of Topliss-reactive ketones (excluding diaryl/α,β-unsaturated/α-hetero) is 1. The summed E-state index contributed by atoms with van der Waals surface area (Å²) >= 11 is 0. The molecular weight excluding hydrogens is 340 g/mol. The zero-order chi connectivity index (χ0) is 18.6. The number of benzene rings is 1. The van der Waals surface area contributed by atoms with E-state index in [4.69, 9.17) is 4.98 Å². The van der Waals surface area contributed by atoms with Crippen LogP contribution < -0.4 is 9.80 Å². The number of ketones is 1. The number of aliphatic hydroxyl groups is 1. The molecule has 2 aliphatic rings. The monoisotopic (exact) mass is 366 g/mol. The highest BCUT2D eigenvalue weighted by Gasteiger charge is 2.28. The fourth-order valence-electron chi connectivity index (χ4n) is 3.97. The standard InChI is InChI=1S/C21H26N4O2/c26-18-9-13-24(14-10-18)19-8-11-22-21(23-19)25-12-4-7-17(15-25)20(27)16-5-2-1-3-6-16/h1-3,5-6,8,11,17-18,26H,4,7,9-10,12-15H2/t17-/m0/s1. The van der Waals surface area contributed by atoms with Crippen LogP contribution in [0.1, 0.15) is 36.0 Å². The summed E-state index contributed by atoms with van der Waals surface area (Å²) in [4.78, 5) is 26.4. The molecule has 0 radical (unpaired) electrons. The van der Waals surface area contributed by atoms with Crippen LogP contribution in [0.2, 0.25) is 0 Å². The molecule has 27 heavy (non-hydrogen) atoms. The first kappa shape index (κ1) is 17.9. The highest BCUT2D eigenvalue weighted by Crippen LogP contribution is 2.25. The summed E-state index contributed by atoms with van der Waals surface area (Å²) in [6.45, 7) is 3.16. The van der Waals surface area contributed by atoms with Gasteiger partial charge in [0.25, 0.3) is 0 Å². The third-order valence-corrected chi connectivity index (χ3v) is 5.55. The lowest BCUT2D eigenvalue weighted by atomic mass is 9.90. The van der Waals surface area contributed by atoms with Crippen molar-refractivity contribution in [2.75, 3.05) is 36.0 Å². The van der Waals surface area contributed by atoms with Gasteiger partial charge in [-0.15, -0.1) is 0 Å². The molecule has 1 N–H and O–H groups in total. The summed E-state index contributed by atoms with van der Waals surface area (Å²) < 4.78 is 0. The Kier molecular flexibility index (Phi) is 5.34. The molecular formula is C21H26N4O2. The van der Waals surface area contributed by atoms with Crippen molar-refractivity contribution in [1.82, 2.24) is 9.97 Å². The second-order valence-corrected chi connectivity index (χ2v) is 7.45. The SMILES string of the molecule is O=C(c1ccccc1)[C@H]1CCCN(c2nccc(N3CCC(O)CC3)n2)C1. The van der Waals surface area contributed by atoms with E-state index in [0.717, 1.165) is 56.7 Å². The second-order valence-electron chi connectivity index (χ2n) is 7.45. The van der Waals surface area contributed by atoms with Gasteiger partial charge < -0.3 is 14.9 Å². The van der Waals surface area contributed by atoms with E-state index in [-0.39, 0.29) is 17.8 Å². The van der Waals surface area contributed by atoms with E-state index in [1.807, 2.05) is 36.4 Å². The zero-order valence-corrected chi connectivity index (χ0v) is 15.5. The predicted molar refractivity (Wildman–Crippen MR) is 105 cm³/mol. The van der Waals surface area contributed by atoms with E-state index < -0.39 is 0 Å². The number of aliphatic hydroxyl groups excluding tert-OH is 1. The Morgan fingerprint density at radius 2 is 1.78 bits per heavy atom. The molecule has 6 nitrogen and oxygen atoms in total. The summed E-state index contributed by atoms with van der Waals surface area (Å²) in [7, 11) is 0. The van der Waals surface area contributed by atoms with Crippen LogP contribution >= 0.6 is 0 Å². The normalized spacial score (nSPS) is 21.3. The number of hydrogen-bond donors (Lipinski definition) is 1. The van der Waals surface area contributed by atoms with Gasteiger partial charge in [-0.2, -0.15) is 4.98 Å². The molecule has 0 spiro atoms. The van der Waals surface area contributed by atoms with Gasteiger partial charge in [-0.25, -0.2) is 4.98 Å². The first-order chi connectivity index (χ1) is 13.2. The quantitative estimate of drug-likeness (QED) is 0.839. The summed E-state index contributed by atoms with van der Waals surface area (Å²) in [5.41, 5.74) is 0.783. The molecule has 2 fully saturated rings. The summed E-state index contributed by atoms with van der Waals surface area (Å²) in [6.07, 6.45) is 5.02. The van der Waals surface area contributed by atoms with Gasteiger partial charge >= 0.3 is 0 Å². The van der Waals surface area contributed by atoms with Crippen LogP contribution in [-0.2, 0) is 0 Å². The average molecular weight is 366 g/mol. The molecule has 2 saturated heterocycles. The molecule has 2 aromatic rings. The van der Waals surface area contributed by atoms with Gasteiger partial charge in [-0.05, 0) is 31.7 Å². The number of aromatic nitrogens is 2. The van der Waals surface area contributed by atoms with Crippen LogP contribution in [0.5, 0.6) is 0 Å². The molecule has 1 aromatic heterocycles. The Balaban J connectivity index is 1.47. The Morgan fingerprint density at radius 1 is 1.00 bits per heavy atom. The minimum Gasteiger partial charge on any atom is -0.393 e. The van der Waals surface area contributed by atoms with E-state index in [1.165, 1.54) is 0 Å². The van der Waals surface area contributed by atoms with Gasteiger partial charge in [0.05, 0.1) is 6.10 Å². The van der Waals surface area contributed by atoms with Crippen LogP contribution in [0.4, 0.5) is 11.8 Å². The topological polar surface area (TPSA) is 69.6 Å². The molecule has 142 valence electrons. The van der Waals surface area contributed by atoms with Crippen molar-refractivity contribution in [2.45, 2.75) is 31.8 Å². The zero-order valence-electron chi connectivity index (χ0n) is 15.5. The lowest BCUT2D eigenvalue weighted by molar-refractivity contribution is 0.0907. The third kappa shape index (κ3) is 4.11. The fourth-order valence-corrected chi connectivity index (χ4v) is 3.97. The van der Waals surface area contributed by atoms with Crippen molar-refractivity contribution in [3.63, 3.8) is 0 Å². The highest BCUT2D eigenvalue weighted by molar-refractivity contribution is 5.98. The second kappa shape index (κ2) is 8.05. The lowest BCUT2D eigenvalue weighted by Crippen LogP contribution is -2.40. The molecule has 0 saturated carbocycles. The van der Waals surface area contributed by atoms with Gasteiger partial charge in [0.2, 0.25) is 5.95 Å². The molecule has 0 bridgehead atoms. The van der Waals surface area contributed by atoms with Gasteiger partial charge in [0.1, 0.15) is 5.82 Å². The van der Waals surface area contributed by atoms with E-state index >= 15 is 0 Å². The molecule has 2 aliphatic heterocycles. The van der Waals surface area contributed by atoms with Crippen LogP contribution in [0, 0.1) is 5.92 Å². The van der Waals surface area contributed by atoms with Gasteiger partial charge in [-0.3, -0.25) is 4.79 Å². The van der Waals surface area contributed by atoms with Crippen molar-refractivity contribution in [3.05, 3.63) is 48.2 Å². The number of anilines is 2. The first-order valence-electron chi connectivity index (χ1n) is 9.81. The smallest absolute Gasteiger partial charge is 0.227 e. The average Bonchev–Trinajstić information content (AvgIpc) is 2.74. The minimum atomic E-state index is -0.200. The number of piperidine rings is 2. The molecule has 0 amide bonds. The van der Waals surface area contributed by atoms with Gasteiger partial charge in [0.15, 0.2) is 5.78 Å².